The van der Waals surface area contributed by atoms with Gasteiger partial charge in [0.15, 0.2) is 5.89 Å². The molecule has 0 radical (unpaired) electrons. The van der Waals surface area contributed by atoms with Gasteiger partial charge in [0.05, 0.1) is 19.1 Å². The first kappa shape index (κ1) is 14.7. The molecule has 7 nitrogen and oxygen atoms in total. The van der Waals surface area contributed by atoms with E-state index in [4.69, 9.17) is 9.52 Å². The molecule has 7 heteroatoms. The molecule has 0 amide bonds. The lowest BCUT2D eigenvalue weighted by atomic mass is 10.1. The van der Waals surface area contributed by atoms with Gasteiger partial charge in [-0.1, -0.05) is 24.3 Å². The third-order valence-electron chi connectivity index (χ3n) is 3.29. The molecule has 0 saturated carbocycles. The maximum Gasteiger partial charge on any atom is 0.373 e. The zero-order chi connectivity index (χ0) is 16.2. The molecule has 0 bridgehead atoms. The molecule has 0 saturated heterocycles. The van der Waals surface area contributed by atoms with Gasteiger partial charge in [0.2, 0.25) is 5.76 Å². The predicted molar refractivity (Wildman–Crippen MR) is 80.3 cm³/mol. The number of rotatable bonds is 5. The number of nitrogens with zero attached hydrogens (tertiary/aromatic N) is 3. The van der Waals surface area contributed by atoms with Gasteiger partial charge in [-0.15, -0.1) is 0 Å². The highest BCUT2D eigenvalue weighted by Gasteiger charge is 2.10. The predicted octanol–water partition coefficient (Wildman–Crippen LogP) is 1.57. The van der Waals surface area contributed by atoms with Crippen molar-refractivity contribution >= 4 is 5.97 Å². The Morgan fingerprint density at radius 3 is 2.57 bits per heavy atom. The summed E-state index contributed by atoms with van der Waals surface area (Å²) in [5, 5.41) is 8.80. The van der Waals surface area contributed by atoms with Gasteiger partial charge in [-0.25, -0.2) is 14.8 Å². The minimum atomic E-state index is -1.14. The van der Waals surface area contributed by atoms with E-state index in [2.05, 4.69) is 9.97 Å². The van der Waals surface area contributed by atoms with Crippen molar-refractivity contribution in [2.45, 2.75) is 13.0 Å². The van der Waals surface area contributed by atoms with Gasteiger partial charge in [-0.05, 0) is 11.1 Å². The second-order valence-electron chi connectivity index (χ2n) is 4.96. The van der Waals surface area contributed by atoms with Crippen LogP contribution in [-0.4, -0.2) is 25.6 Å². The van der Waals surface area contributed by atoms with Crippen LogP contribution in [0.4, 0.5) is 0 Å². The molecule has 2 heterocycles. The van der Waals surface area contributed by atoms with E-state index in [1.54, 1.807) is 0 Å². The molecule has 23 heavy (non-hydrogen) atoms. The van der Waals surface area contributed by atoms with Crippen molar-refractivity contribution in [3.05, 3.63) is 82.2 Å². The Kier molecular flexibility index (Phi) is 4.01. The van der Waals surface area contributed by atoms with Crippen molar-refractivity contribution < 1.29 is 14.3 Å². The number of carboxylic acids is 1. The van der Waals surface area contributed by atoms with Gasteiger partial charge in [0.1, 0.15) is 0 Å². The Morgan fingerprint density at radius 2 is 1.91 bits per heavy atom. The summed E-state index contributed by atoms with van der Waals surface area (Å²) in [6, 6.07) is 8.99. The molecule has 1 aromatic carbocycles. The van der Waals surface area contributed by atoms with Gasteiger partial charge in [-0.3, -0.25) is 9.36 Å². The molecule has 0 aliphatic rings. The number of benzene rings is 1. The number of oxazole rings is 1. The summed E-state index contributed by atoms with van der Waals surface area (Å²) in [5.41, 5.74) is 1.79. The van der Waals surface area contributed by atoms with Gasteiger partial charge >= 0.3 is 5.97 Å². The fourth-order valence-corrected chi connectivity index (χ4v) is 2.12. The average molecular weight is 311 g/mol. The van der Waals surface area contributed by atoms with Crippen molar-refractivity contribution in [1.82, 2.24) is 14.5 Å². The molecule has 116 valence electrons. The van der Waals surface area contributed by atoms with Crippen molar-refractivity contribution in [3.8, 4) is 0 Å². The lowest BCUT2D eigenvalue weighted by Crippen LogP contribution is -2.19. The molecule has 2 aromatic heterocycles. The van der Waals surface area contributed by atoms with Crippen LogP contribution in [0.25, 0.3) is 0 Å². The molecule has 0 aliphatic carbocycles. The number of aromatic carboxylic acids is 1. The van der Waals surface area contributed by atoms with Crippen LogP contribution in [0, 0.1) is 0 Å². The fraction of sp³-hybridized carbons (Fsp3) is 0.125. The molecular weight excluding hydrogens is 298 g/mol. The van der Waals surface area contributed by atoms with Gasteiger partial charge < -0.3 is 9.52 Å². The van der Waals surface area contributed by atoms with Crippen LogP contribution >= 0.6 is 0 Å². The van der Waals surface area contributed by atoms with Gasteiger partial charge in [0, 0.05) is 18.7 Å². The summed E-state index contributed by atoms with van der Waals surface area (Å²) in [4.78, 5) is 30.2. The lowest BCUT2D eigenvalue weighted by molar-refractivity contribution is 0.0660. The number of hydrogen-bond donors (Lipinski definition) is 1. The summed E-state index contributed by atoms with van der Waals surface area (Å²) < 4.78 is 6.64. The Hall–Kier alpha value is -3.22. The molecule has 1 N–H and O–H groups in total. The lowest BCUT2D eigenvalue weighted by Gasteiger charge is -2.05. The molecule has 0 spiro atoms. The summed E-state index contributed by atoms with van der Waals surface area (Å²) >= 11 is 0. The van der Waals surface area contributed by atoms with Crippen LogP contribution in [0.3, 0.4) is 0 Å². The molecule has 0 atom stereocenters. The topological polar surface area (TPSA) is 98.2 Å². The SMILES string of the molecule is O=C(O)c1cnc(Cc2ccc(Cn3cnccc3=O)cc2)o1. The third kappa shape index (κ3) is 3.52. The van der Waals surface area contributed by atoms with E-state index in [1.807, 2.05) is 24.3 Å². The van der Waals surface area contributed by atoms with Crippen LogP contribution in [0.15, 0.2) is 58.3 Å². The largest absolute Gasteiger partial charge is 0.475 e. The first-order valence-electron chi connectivity index (χ1n) is 6.88. The maximum atomic E-state index is 11.6. The maximum absolute atomic E-state index is 11.6. The number of aromatic nitrogens is 3. The van der Waals surface area contributed by atoms with Crippen LogP contribution in [0.5, 0.6) is 0 Å². The van der Waals surface area contributed by atoms with Gasteiger partial charge in [-0.2, -0.15) is 0 Å². The average Bonchev–Trinajstić information content (AvgIpc) is 3.00. The quantitative estimate of drug-likeness (QED) is 0.768. The normalized spacial score (nSPS) is 10.6. The fourth-order valence-electron chi connectivity index (χ4n) is 2.12. The Labute approximate surface area is 130 Å². The highest BCUT2D eigenvalue weighted by atomic mass is 16.4. The zero-order valence-corrected chi connectivity index (χ0v) is 12.0. The summed E-state index contributed by atoms with van der Waals surface area (Å²) in [5.74, 6) is -0.966. The molecule has 0 fully saturated rings. The van der Waals surface area contributed by atoms with Crippen LogP contribution in [0.2, 0.25) is 0 Å². The minimum absolute atomic E-state index is 0.106. The van der Waals surface area contributed by atoms with Crippen molar-refractivity contribution in [2.75, 3.05) is 0 Å². The first-order chi connectivity index (χ1) is 11.1. The Morgan fingerprint density at radius 1 is 1.17 bits per heavy atom. The summed E-state index contributed by atoms with van der Waals surface area (Å²) in [6.45, 7) is 0.440. The van der Waals surface area contributed by atoms with E-state index in [1.165, 1.54) is 29.4 Å². The van der Waals surface area contributed by atoms with Gasteiger partial charge in [0.25, 0.3) is 5.56 Å². The van der Waals surface area contributed by atoms with E-state index in [-0.39, 0.29) is 11.3 Å². The number of carboxylic acid groups (broad SMARTS) is 1. The second-order valence-corrected chi connectivity index (χ2v) is 4.96. The molecule has 3 aromatic rings. The summed E-state index contributed by atoms with van der Waals surface area (Å²) in [7, 11) is 0. The van der Waals surface area contributed by atoms with Crippen molar-refractivity contribution in [3.63, 3.8) is 0 Å². The van der Waals surface area contributed by atoms with E-state index in [0.717, 1.165) is 11.1 Å². The highest BCUT2D eigenvalue weighted by Crippen LogP contribution is 2.12. The van der Waals surface area contributed by atoms with E-state index < -0.39 is 5.97 Å². The monoisotopic (exact) mass is 311 g/mol. The van der Waals surface area contributed by atoms with Crippen LogP contribution in [0.1, 0.15) is 27.6 Å². The zero-order valence-electron chi connectivity index (χ0n) is 12.0. The minimum Gasteiger partial charge on any atom is -0.475 e. The number of hydrogen-bond acceptors (Lipinski definition) is 5. The first-order valence-corrected chi connectivity index (χ1v) is 6.88. The van der Waals surface area contributed by atoms with Crippen molar-refractivity contribution in [1.29, 1.82) is 0 Å². The summed E-state index contributed by atoms with van der Waals surface area (Å²) in [6.07, 6.45) is 4.56. The van der Waals surface area contributed by atoms with E-state index in [9.17, 15) is 9.59 Å². The number of carbonyl (C=O) groups is 1. The van der Waals surface area contributed by atoms with E-state index >= 15 is 0 Å². The highest BCUT2D eigenvalue weighted by molar-refractivity contribution is 5.83. The molecule has 3 rings (SSSR count). The smallest absolute Gasteiger partial charge is 0.373 e. The molecular formula is C16H13N3O4. The standard InChI is InChI=1S/C16H13N3O4/c20-15-5-6-17-10-19(15)9-12-3-1-11(2-4-12)7-14-18-8-13(23-14)16(21)22/h1-6,8,10H,7,9H2,(H,21,22). The molecule has 0 unspecified atom stereocenters. The van der Waals surface area contributed by atoms with E-state index in [0.29, 0.717) is 18.9 Å². The van der Waals surface area contributed by atoms with Crippen LogP contribution < -0.4 is 5.56 Å². The Balaban J connectivity index is 1.70. The Bertz CT molecular complexity index is 881. The van der Waals surface area contributed by atoms with Crippen molar-refractivity contribution in [2.24, 2.45) is 0 Å². The third-order valence-corrected chi connectivity index (χ3v) is 3.29. The second kappa shape index (κ2) is 6.27. The van der Waals surface area contributed by atoms with Crippen LogP contribution in [-0.2, 0) is 13.0 Å². The molecule has 0 aliphatic heterocycles.